The Morgan fingerprint density at radius 2 is 0.962 bits per heavy atom. The minimum atomic E-state index is -1.79. The van der Waals surface area contributed by atoms with Crippen molar-refractivity contribution in [3.05, 3.63) is 179 Å². The van der Waals surface area contributed by atoms with Gasteiger partial charge in [-0.15, -0.1) is 0 Å². The van der Waals surface area contributed by atoms with Crippen LogP contribution in [0.2, 0.25) is 0 Å². The molecule has 0 aromatic heterocycles. The number of aliphatic hydroxyl groups excluding tert-OH is 2. The Kier molecular flexibility index (Phi) is 21.0. The highest BCUT2D eigenvalue weighted by atomic mass is 16.8. The quantitative estimate of drug-likeness (QED) is 0.0541. The average Bonchev–Trinajstić information content (AvgIpc) is 3.61. The molecule has 3 heterocycles. The third kappa shape index (κ3) is 15.9. The number of benzene rings is 5. The lowest BCUT2D eigenvalue weighted by molar-refractivity contribution is -0.368. The molecule has 78 heavy (non-hydrogen) atoms. The summed E-state index contributed by atoms with van der Waals surface area (Å²) in [5.41, 5.74) is 3.43. The van der Waals surface area contributed by atoms with Gasteiger partial charge in [0.15, 0.2) is 31.1 Å². The van der Waals surface area contributed by atoms with Gasteiger partial charge in [0, 0.05) is 20.8 Å². The summed E-state index contributed by atoms with van der Waals surface area (Å²) in [6.07, 6.45) is -19.5. The van der Waals surface area contributed by atoms with E-state index in [9.17, 15) is 29.4 Å². The van der Waals surface area contributed by atoms with E-state index in [4.69, 9.17) is 56.8 Å². The van der Waals surface area contributed by atoms with E-state index in [1.54, 1.807) is 25.1 Å². The number of carbonyl (C=O) groups excluding carboxylic acids is 4. The Hall–Kier alpha value is -6.46. The first kappa shape index (κ1) is 57.7. The number of nitrogens with one attached hydrogen (secondary N) is 1. The molecule has 3 saturated heterocycles. The minimum Gasteiger partial charge on any atom is -0.463 e. The Balaban J connectivity index is 1.18. The summed E-state index contributed by atoms with van der Waals surface area (Å²) in [5.74, 6) is -3.00. The maximum atomic E-state index is 13.8. The van der Waals surface area contributed by atoms with E-state index in [-0.39, 0.29) is 38.6 Å². The van der Waals surface area contributed by atoms with Crippen LogP contribution < -0.4 is 5.32 Å². The third-order valence-electron chi connectivity index (χ3n) is 13.2. The van der Waals surface area contributed by atoms with Crippen LogP contribution in [0.15, 0.2) is 152 Å². The smallest absolute Gasteiger partial charge is 0.338 e. The molecule has 3 N–H and O–H groups in total. The molecule has 0 unspecified atom stereocenters. The average molecular weight is 1080 g/mol. The lowest BCUT2D eigenvalue weighted by Crippen LogP contribution is -2.70. The normalized spacial score (nSPS) is 28.9. The summed E-state index contributed by atoms with van der Waals surface area (Å²) in [4.78, 5) is 53.0. The Bertz CT molecular complexity index is 2640. The molecule has 15 atom stereocenters. The monoisotopic (exact) mass is 1080 g/mol. The SMILES string of the molecule is CC(=O)N[C@H]1[C@@H](O[C@@H]2[C@@H](OCc3ccccc3)[C@H](C)O[C@@H](O)[C@@H]2OC(=O)c2ccccc2)O[C@H](COC(C)=O)[C@@H](OC(C)=O)[C@@H]1O[C@H]1O[C@H](COCc2ccccc2)[C@@H](OCc2ccccc2)[C@H](OCc2ccccc2)[C@H]1O. The van der Waals surface area contributed by atoms with Crippen LogP contribution in [0, 0.1) is 0 Å². The first-order valence-corrected chi connectivity index (χ1v) is 25.9. The zero-order valence-electron chi connectivity index (χ0n) is 43.8. The Morgan fingerprint density at radius 1 is 0.487 bits per heavy atom. The highest BCUT2D eigenvalue weighted by Gasteiger charge is 2.57. The molecule has 3 fully saturated rings. The van der Waals surface area contributed by atoms with Gasteiger partial charge in [0.05, 0.1) is 44.7 Å². The van der Waals surface area contributed by atoms with Crippen molar-refractivity contribution in [3.63, 3.8) is 0 Å². The van der Waals surface area contributed by atoms with Crippen molar-refractivity contribution in [3.8, 4) is 0 Å². The van der Waals surface area contributed by atoms with Gasteiger partial charge in [-0.3, -0.25) is 14.4 Å². The summed E-state index contributed by atoms with van der Waals surface area (Å²) in [6.45, 7) is 4.87. The fourth-order valence-corrected chi connectivity index (χ4v) is 9.51. The van der Waals surface area contributed by atoms with Crippen LogP contribution in [0.25, 0.3) is 0 Å². The van der Waals surface area contributed by atoms with Gasteiger partial charge >= 0.3 is 17.9 Å². The summed E-state index contributed by atoms with van der Waals surface area (Å²) in [5, 5.41) is 27.1. The van der Waals surface area contributed by atoms with Gasteiger partial charge < -0.3 is 72.4 Å². The Labute approximate surface area is 452 Å². The summed E-state index contributed by atoms with van der Waals surface area (Å²) < 4.78 is 76.5. The van der Waals surface area contributed by atoms with Crippen molar-refractivity contribution in [2.75, 3.05) is 13.2 Å². The molecule has 416 valence electrons. The van der Waals surface area contributed by atoms with E-state index in [1.165, 1.54) is 26.0 Å². The molecule has 8 rings (SSSR count). The van der Waals surface area contributed by atoms with Crippen molar-refractivity contribution in [1.29, 1.82) is 0 Å². The molecule has 0 radical (unpaired) electrons. The van der Waals surface area contributed by atoms with E-state index >= 15 is 0 Å². The van der Waals surface area contributed by atoms with Crippen molar-refractivity contribution in [2.45, 2.75) is 146 Å². The van der Waals surface area contributed by atoms with Crippen LogP contribution in [0.3, 0.4) is 0 Å². The number of esters is 3. The maximum Gasteiger partial charge on any atom is 0.338 e. The number of aliphatic hydroxyl groups is 2. The van der Waals surface area contributed by atoms with Crippen LogP contribution in [-0.4, -0.2) is 139 Å². The van der Waals surface area contributed by atoms with E-state index in [2.05, 4.69) is 5.32 Å². The fourth-order valence-electron chi connectivity index (χ4n) is 9.51. The number of ether oxygens (including phenoxy) is 12. The molecule has 3 aliphatic heterocycles. The summed E-state index contributed by atoms with van der Waals surface area (Å²) in [7, 11) is 0. The second-order valence-corrected chi connectivity index (χ2v) is 19.1. The molecule has 19 nitrogen and oxygen atoms in total. The lowest BCUT2D eigenvalue weighted by Gasteiger charge is -2.51. The zero-order chi connectivity index (χ0) is 55.0. The topological polar surface area (TPSA) is 232 Å². The van der Waals surface area contributed by atoms with Crippen LogP contribution >= 0.6 is 0 Å². The van der Waals surface area contributed by atoms with Gasteiger partial charge in [0.2, 0.25) is 5.91 Å². The molecule has 3 aliphatic rings. The number of carbonyl (C=O) groups is 4. The molecular formula is C59H67NO18. The van der Waals surface area contributed by atoms with Crippen molar-refractivity contribution < 1.29 is 86.2 Å². The number of amides is 1. The van der Waals surface area contributed by atoms with Gasteiger partial charge in [0.1, 0.15) is 61.5 Å². The van der Waals surface area contributed by atoms with Crippen molar-refractivity contribution in [2.24, 2.45) is 0 Å². The summed E-state index contributed by atoms with van der Waals surface area (Å²) in [6, 6.07) is 44.0. The molecule has 5 aromatic carbocycles. The lowest BCUT2D eigenvalue weighted by atomic mass is 9.94. The molecule has 0 bridgehead atoms. The predicted molar refractivity (Wildman–Crippen MR) is 276 cm³/mol. The second kappa shape index (κ2) is 28.4. The van der Waals surface area contributed by atoms with Crippen LogP contribution in [0.4, 0.5) is 0 Å². The van der Waals surface area contributed by atoms with Crippen LogP contribution in [0.5, 0.6) is 0 Å². The van der Waals surface area contributed by atoms with E-state index in [0.717, 1.165) is 29.2 Å². The molecule has 0 spiro atoms. The predicted octanol–water partition coefficient (Wildman–Crippen LogP) is 5.50. The van der Waals surface area contributed by atoms with E-state index in [1.807, 2.05) is 121 Å². The minimum absolute atomic E-state index is 0.0151. The largest absolute Gasteiger partial charge is 0.463 e. The second-order valence-electron chi connectivity index (χ2n) is 19.1. The molecule has 1 amide bonds. The molecule has 19 heteroatoms. The van der Waals surface area contributed by atoms with Crippen LogP contribution in [-0.2, 0) is 97.7 Å². The van der Waals surface area contributed by atoms with Gasteiger partial charge in [-0.2, -0.15) is 0 Å². The fraction of sp³-hybridized carbons (Fsp3) is 0.424. The van der Waals surface area contributed by atoms with Crippen LogP contribution in [0.1, 0.15) is 60.3 Å². The number of hydrogen-bond acceptors (Lipinski definition) is 18. The molecule has 0 saturated carbocycles. The molecular weight excluding hydrogens is 1010 g/mol. The third-order valence-corrected chi connectivity index (χ3v) is 13.2. The van der Waals surface area contributed by atoms with Crippen molar-refractivity contribution in [1.82, 2.24) is 5.32 Å². The number of hydrogen-bond donors (Lipinski definition) is 3. The van der Waals surface area contributed by atoms with Gasteiger partial charge in [-0.05, 0) is 41.3 Å². The first-order valence-electron chi connectivity index (χ1n) is 25.9. The Morgan fingerprint density at radius 3 is 1.49 bits per heavy atom. The van der Waals surface area contributed by atoms with Gasteiger partial charge in [0.25, 0.3) is 0 Å². The number of rotatable bonds is 23. The van der Waals surface area contributed by atoms with Gasteiger partial charge in [-0.1, -0.05) is 140 Å². The molecule has 0 aliphatic carbocycles. The van der Waals surface area contributed by atoms with E-state index < -0.39 is 122 Å². The highest BCUT2D eigenvalue weighted by molar-refractivity contribution is 5.89. The van der Waals surface area contributed by atoms with E-state index in [0.29, 0.717) is 0 Å². The summed E-state index contributed by atoms with van der Waals surface area (Å²) >= 11 is 0. The molecule has 5 aromatic rings. The first-order chi connectivity index (χ1) is 37.8. The van der Waals surface area contributed by atoms with Gasteiger partial charge in [-0.25, -0.2) is 4.79 Å². The standard InChI is InChI=1S/C59H67NO18/c1-36-49(69-31-41-22-12-6-13-23-41)54(55(57(66)72-36)76-56(65)44-28-18-9-19-29-44)78-58-47(60-37(2)61)52(51(73-39(4)63)46(74-58)35-68-38(3)62)77-59-48(64)53(71-33-43-26-16-8-17-27-43)50(70-32-42-24-14-7-15-25-42)45(75-59)34-67-30-40-20-10-5-11-21-40/h5-29,36,45-55,57-59,64,66H,30-35H2,1-4H3,(H,60,61)/t36-,45+,46+,47+,48+,49-,50+,51+,52+,53+,54+,55+,57+,58+,59+/m0/s1. The zero-order valence-corrected chi connectivity index (χ0v) is 43.8. The van der Waals surface area contributed by atoms with Crippen molar-refractivity contribution >= 4 is 23.8 Å². The maximum absolute atomic E-state index is 13.8. The highest BCUT2D eigenvalue weighted by Crippen LogP contribution is 2.37.